The third kappa shape index (κ3) is 2.70. The van der Waals surface area contributed by atoms with Gasteiger partial charge in [0, 0.05) is 13.1 Å². The molecule has 80 valence electrons. The maximum atomic E-state index is 11.5. The van der Waals surface area contributed by atoms with Gasteiger partial charge in [0.25, 0.3) is 0 Å². The van der Waals surface area contributed by atoms with Gasteiger partial charge in [0.2, 0.25) is 5.91 Å². The molecule has 5 heteroatoms. The van der Waals surface area contributed by atoms with Crippen LogP contribution in [0, 0.1) is 0 Å². The van der Waals surface area contributed by atoms with Crippen LogP contribution in [-0.4, -0.2) is 48.1 Å². The van der Waals surface area contributed by atoms with Gasteiger partial charge in [0.1, 0.15) is 6.04 Å². The van der Waals surface area contributed by atoms with Crippen molar-refractivity contribution in [1.29, 1.82) is 0 Å². The summed E-state index contributed by atoms with van der Waals surface area (Å²) in [4.78, 5) is 23.9. The van der Waals surface area contributed by atoms with Crippen LogP contribution >= 0.6 is 0 Å². The molecule has 1 heterocycles. The topological polar surface area (TPSA) is 69.6 Å². The predicted octanol–water partition coefficient (Wildman–Crippen LogP) is -0.328. The molecule has 0 saturated carbocycles. The van der Waals surface area contributed by atoms with E-state index in [1.54, 1.807) is 11.9 Å². The Hall–Kier alpha value is -1.10. The van der Waals surface area contributed by atoms with Crippen LogP contribution in [0.1, 0.15) is 19.3 Å². The highest BCUT2D eigenvalue weighted by molar-refractivity contribution is 5.84. The van der Waals surface area contributed by atoms with Crippen LogP contribution in [-0.2, 0) is 9.59 Å². The molecule has 1 saturated heterocycles. The lowest BCUT2D eigenvalue weighted by Crippen LogP contribution is -2.40. The zero-order chi connectivity index (χ0) is 10.6. The van der Waals surface area contributed by atoms with Crippen molar-refractivity contribution in [3.05, 3.63) is 0 Å². The van der Waals surface area contributed by atoms with Crippen LogP contribution in [0.15, 0.2) is 0 Å². The van der Waals surface area contributed by atoms with Crippen LogP contribution < -0.4 is 5.32 Å². The first-order valence-electron chi connectivity index (χ1n) is 4.83. The second-order valence-corrected chi connectivity index (χ2v) is 3.47. The molecule has 1 fully saturated rings. The number of carboxylic acid groups (broad SMARTS) is 1. The van der Waals surface area contributed by atoms with E-state index in [0.717, 1.165) is 25.9 Å². The number of amides is 1. The number of hydrogen-bond acceptors (Lipinski definition) is 3. The summed E-state index contributed by atoms with van der Waals surface area (Å²) in [5.41, 5.74) is 0. The third-order valence-corrected chi connectivity index (χ3v) is 2.48. The van der Waals surface area contributed by atoms with Gasteiger partial charge >= 0.3 is 5.97 Å². The molecule has 14 heavy (non-hydrogen) atoms. The Labute approximate surface area is 83.1 Å². The van der Waals surface area contributed by atoms with E-state index in [1.807, 2.05) is 0 Å². The van der Waals surface area contributed by atoms with Crippen molar-refractivity contribution in [3.8, 4) is 0 Å². The van der Waals surface area contributed by atoms with Gasteiger partial charge < -0.3 is 15.3 Å². The lowest BCUT2D eigenvalue weighted by Gasteiger charge is -2.17. The maximum absolute atomic E-state index is 11.5. The molecule has 1 aliphatic rings. The van der Waals surface area contributed by atoms with E-state index in [4.69, 9.17) is 5.11 Å². The third-order valence-electron chi connectivity index (χ3n) is 2.48. The van der Waals surface area contributed by atoms with Gasteiger partial charge in [-0.15, -0.1) is 0 Å². The molecular weight excluding hydrogens is 184 g/mol. The first-order valence-corrected chi connectivity index (χ1v) is 4.83. The van der Waals surface area contributed by atoms with Crippen LogP contribution in [0.5, 0.6) is 0 Å². The minimum atomic E-state index is -0.972. The van der Waals surface area contributed by atoms with Crippen molar-refractivity contribution in [2.24, 2.45) is 0 Å². The molecule has 0 radical (unpaired) electrons. The first-order chi connectivity index (χ1) is 6.65. The molecule has 0 bridgehead atoms. The minimum Gasteiger partial charge on any atom is -0.480 e. The van der Waals surface area contributed by atoms with Gasteiger partial charge in [-0.1, -0.05) is 0 Å². The molecule has 0 aliphatic carbocycles. The Morgan fingerprint density at radius 1 is 1.43 bits per heavy atom. The standard InChI is InChI=1S/C9H16N2O3/c1-10-7(9(13)14)6-8(12)11-4-2-3-5-11/h7,10H,2-6H2,1H3,(H,13,14). The Morgan fingerprint density at radius 3 is 2.43 bits per heavy atom. The Bertz CT molecular complexity index is 224. The predicted molar refractivity (Wildman–Crippen MR) is 50.9 cm³/mol. The summed E-state index contributed by atoms with van der Waals surface area (Å²) in [6, 6.07) is -0.761. The smallest absolute Gasteiger partial charge is 0.321 e. The summed E-state index contributed by atoms with van der Waals surface area (Å²) in [7, 11) is 1.55. The molecule has 1 rings (SSSR count). The van der Waals surface area contributed by atoms with Crippen molar-refractivity contribution < 1.29 is 14.7 Å². The number of rotatable bonds is 4. The molecule has 1 aliphatic heterocycles. The number of aliphatic carboxylic acids is 1. The maximum Gasteiger partial charge on any atom is 0.321 e. The number of nitrogens with zero attached hydrogens (tertiary/aromatic N) is 1. The van der Waals surface area contributed by atoms with Crippen molar-refractivity contribution in [1.82, 2.24) is 10.2 Å². The van der Waals surface area contributed by atoms with Gasteiger partial charge in [-0.3, -0.25) is 9.59 Å². The number of likely N-dealkylation sites (N-methyl/N-ethyl adjacent to an activating group) is 1. The monoisotopic (exact) mass is 200 g/mol. The van der Waals surface area contributed by atoms with Gasteiger partial charge in [-0.2, -0.15) is 0 Å². The summed E-state index contributed by atoms with van der Waals surface area (Å²) >= 11 is 0. The number of carbonyl (C=O) groups excluding carboxylic acids is 1. The number of nitrogens with one attached hydrogen (secondary N) is 1. The van der Waals surface area contributed by atoms with Crippen molar-refractivity contribution >= 4 is 11.9 Å². The quantitative estimate of drug-likeness (QED) is 0.652. The van der Waals surface area contributed by atoms with E-state index in [-0.39, 0.29) is 12.3 Å². The molecule has 1 atom stereocenters. The molecule has 1 amide bonds. The fourth-order valence-electron chi connectivity index (χ4n) is 1.58. The van der Waals surface area contributed by atoms with Crippen molar-refractivity contribution in [3.63, 3.8) is 0 Å². The molecule has 5 nitrogen and oxygen atoms in total. The van der Waals surface area contributed by atoms with Crippen LogP contribution in [0.4, 0.5) is 0 Å². The summed E-state index contributed by atoms with van der Waals surface area (Å²) in [6.45, 7) is 1.55. The summed E-state index contributed by atoms with van der Waals surface area (Å²) in [6.07, 6.45) is 2.11. The van der Waals surface area contributed by atoms with Crippen LogP contribution in [0.3, 0.4) is 0 Å². The molecule has 1 unspecified atom stereocenters. The fourth-order valence-corrected chi connectivity index (χ4v) is 1.58. The highest BCUT2D eigenvalue weighted by Gasteiger charge is 2.24. The fraction of sp³-hybridized carbons (Fsp3) is 0.778. The Balaban J connectivity index is 2.41. The number of likely N-dealkylation sites (tertiary alicyclic amines) is 1. The van der Waals surface area contributed by atoms with E-state index < -0.39 is 12.0 Å². The molecule has 0 aromatic rings. The normalized spacial score (nSPS) is 18.2. The molecule has 0 aromatic carbocycles. The molecule has 0 aromatic heterocycles. The average Bonchev–Trinajstić information content (AvgIpc) is 2.65. The van der Waals surface area contributed by atoms with Gasteiger partial charge in [-0.25, -0.2) is 0 Å². The number of carboxylic acids is 1. The van der Waals surface area contributed by atoms with Crippen LogP contribution in [0.25, 0.3) is 0 Å². The molecule has 0 spiro atoms. The van der Waals surface area contributed by atoms with E-state index in [1.165, 1.54) is 0 Å². The van der Waals surface area contributed by atoms with Gasteiger partial charge in [-0.05, 0) is 19.9 Å². The summed E-state index contributed by atoms with van der Waals surface area (Å²) in [5, 5.41) is 11.3. The lowest BCUT2D eigenvalue weighted by molar-refractivity contribution is -0.143. The van der Waals surface area contributed by atoms with Crippen molar-refractivity contribution in [2.45, 2.75) is 25.3 Å². The SMILES string of the molecule is CNC(CC(=O)N1CCCC1)C(=O)O. The zero-order valence-corrected chi connectivity index (χ0v) is 8.32. The first kappa shape index (κ1) is 11.0. The second-order valence-electron chi connectivity index (χ2n) is 3.47. The summed E-state index contributed by atoms with van der Waals surface area (Å²) in [5.74, 6) is -1.04. The van der Waals surface area contributed by atoms with E-state index in [2.05, 4.69) is 5.32 Å². The van der Waals surface area contributed by atoms with E-state index >= 15 is 0 Å². The molecule has 2 N–H and O–H groups in total. The zero-order valence-electron chi connectivity index (χ0n) is 8.32. The highest BCUT2D eigenvalue weighted by atomic mass is 16.4. The lowest BCUT2D eigenvalue weighted by atomic mass is 10.2. The second kappa shape index (κ2) is 4.95. The summed E-state index contributed by atoms with van der Waals surface area (Å²) < 4.78 is 0. The largest absolute Gasteiger partial charge is 0.480 e. The van der Waals surface area contributed by atoms with Gasteiger partial charge in [0.05, 0.1) is 6.42 Å². The van der Waals surface area contributed by atoms with Crippen LogP contribution in [0.2, 0.25) is 0 Å². The Morgan fingerprint density at radius 2 is 2.00 bits per heavy atom. The van der Waals surface area contributed by atoms with E-state index in [0.29, 0.717) is 0 Å². The highest BCUT2D eigenvalue weighted by Crippen LogP contribution is 2.09. The van der Waals surface area contributed by atoms with Gasteiger partial charge in [0.15, 0.2) is 0 Å². The number of hydrogen-bond donors (Lipinski definition) is 2. The van der Waals surface area contributed by atoms with Crippen molar-refractivity contribution in [2.75, 3.05) is 20.1 Å². The minimum absolute atomic E-state index is 0.0475. The Kier molecular flexibility index (Phi) is 3.88. The molecular formula is C9H16N2O3. The average molecular weight is 200 g/mol. The number of carbonyl (C=O) groups is 2. The van der Waals surface area contributed by atoms with E-state index in [9.17, 15) is 9.59 Å².